The molecule has 1 aromatic rings. The molecule has 1 aliphatic carbocycles. The van der Waals surface area contributed by atoms with Crippen molar-refractivity contribution in [1.82, 2.24) is 0 Å². The first-order valence-electron chi connectivity index (χ1n) is 5.60. The molecule has 0 atom stereocenters. The Bertz CT molecular complexity index is 576. The van der Waals surface area contributed by atoms with Crippen molar-refractivity contribution in [3.8, 4) is 0 Å². The fourth-order valence-electron chi connectivity index (χ4n) is 1.53. The van der Waals surface area contributed by atoms with E-state index in [9.17, 15) is 13.2 Å². The fourth-order valence-corrected chi connectivity index (χ4v) is 2.31. The summed E-state index contributed by atoms with van der Waals surface area (Å²) in [4.78, 5) is 11.7. The SMILES string of the molecule is Cc1ccc(S(=O)(=O)Cl)cc1C(=O)OCC1CC1. The van der Waals surface area contributed by atoms with Crippen molar-refractivity contribution in [2.45, 2.75) is 24.7 Å². The Hall–Kier alpha value is -1.07. The van der Waals surface area contributed by atoms with Gasteiger partial charge in [0.15, 0.2) is 0 Å². The fraction of sp³-hybridized carbons (Fsp3) is 0.417. The Morgan fingerprint density at radius 3 is 2.67 bits per heavy atom. The van der Waals surface area contributed by atoms with Gasteiger partial charge in [0.1, 0.15) is 0 Å². The van der Waals surface area contributed by atoms with Crippen LogP contribution in [0.5, 0.6) is 0 Å². The average Bonchev–Trinajstić information content (AvgIpc) is 3.08. The lowest BCUT2D eigenvalue weighted by atomic mass is 10.1. The van der Waals surface area contributed by atoms with Crippen LogP contribution >= 0.6 is 10.7 Å². The highest BCUT2D eigenvalue weighted by atomic mass is 35.7. The predicted molar refractivity (Wildman–Crippen MR) is 67.2 cm³/mol. The molecule has 6 heteroatoms. The molecule has 0 heterocycles. The summed E-state index contributed by atoms with van der Waals surface area (Å²) in [6.45, 7) is 2.12. The molecule has 0 unspecified atom stereocenters. The molecule has 1 aromatic carbocycles. The minimum atomic E-state index is -3.83. The van der Waals surface area contributed by atoms with Gasteiger partial charge in [0.2, 0.25) is 0 Å². The number of carbonyl (C=O) groups excluding carboxylic acids is 1. The van der Waals surface area contributed by atoms with Crippen LogP contribution in [0.1, 0.15) is 28.8 Å². The molecule has 0 spiro atoms. The van der Waals surface area contributed by atoms with E-state index in [-0.39, 0.29) is 10.5 Å². The summed E-state index contributed by atoms with van der Waals surface area (Å²) in [6.07, 6.45) is 2.17. The number of ether oxygens (including phenoxy) is 1. The van der Waals surface area contributed by atoms with Crippen LogP contribution in [0.3, 0.4) is 0 Å². The van der Waals surface area contributed by atoms with Crippen molar-refractivity contribution in [3.63, 3.8) is 0 Å². The first kappa shape index (κ1) is 13.4. The van der Waals surface area contributed by atoms with Crippen LogP contribution in [-0.2, 0) is 13.8 Å². The van der Waals surface area contributed by atoms with Crippen LogP contribution in [0, 0.1) is 12.8 Å². The quantitative estimate of drug-likeness (QED) is 0.631. The molecule has 4 nitrogen and oxygen atoms in total. The molecule has 0 radical (unpaired) electrons. The summed E-state index contributed by atoms with van der Waals surface area (Å²) in [7, 11) is 1.42. The van der Waals surface area contributed by atoms with Gasteiger partial charge in [-0.2, -0.15) is 0 Å². The van der Waals surface area contributed by atoms with E-state index >= 15 is 0 Å². The number of benzene rings is 1. The van der Waals surface area contributed by atoms with Gasteiger partial charge in [0.25, 0.3) is 9.05 Å². The summed E-state index contributed by atoms with van der Waals surface area (Å²) in [5, 5.41) is 0. The third-order valence-electron chi connectivity index (χ3n) is 2.86. The van der Waals surface area contributed by atoms with Crippen molar-refractivity contribution >= 4 is 25.7 Å². The zero-order valence-corrected chi connectivity index (χ0v) is 11.4. The van der Waals surface area contributed by atoms with Gasteiger partial charge in [-0.1, -0.05) is 6.07 Å². The maximum absolute atomic E-state index is 11.8. The lowest BCUT2D eigenvalue weighted by molar-refractivity contribution is 0.0485. The first-order chi connectivity index (χ1) is 8.38. The maximum Gasteiger partial charge on any atom is 0.338 e. The van der Waals surface area contributed by atoms with Crippen molar-refractivity contribution < 1.29 is 17.9 Å². The molecule has 0 amide bonds. The molecule has 2 rings (SSSR count). The van der Waals surface area contributed by atoms with Gasteiger partial charge in [0, 0.05) is 10.7 Å². The van der Waals surface area contributed by atoms with E-state index in [4.69, 9.17) is 15.4 Å². The number of aryl methyl sites for hydroxylation is 1. The number of rotatable bonds is 4. The van der Waals surface area contributed by atoms with Gasteiger partial charge in [-0.05, 0) is 43.4 Å². The van der Waals surface area contributed by atoms with Crippen LogP contribution in [-0.4, -0.2) is 21.0 Å². The molecule has 1 fully saturated rings. The second-order valence-electron chi connectivity index (χ2n) is 4.46. The molecule has 0 bridgehead atoms. The number of esters is 1. The Labute approximate surface area is 110 Å². The third-order valence-corrected chi connectivity index (χ3v) is 4.21. The van der Waals surface area contributed by atoms with E-state index in [2.05, 4.69) is 0 Å². The maximum atomic E-state index is 11.8. The number of carbonyl (C=O) groups is 1. The van der Waals surface area contributed by atoms with Gasteiger partial charge < -0.3 is 4.74 Å². The van der Waals surface area contributed by atoms with E-state index in [0.717, 1.165) is 12.8 Å². The molecule has 98 valence electrons. The largest absolute Gasteiger partial charge is 0.462 e. The second-order valence-corrected chi connectivity index (χ2v) is 7.02. The molecular weight excluding hydrogens is 276 g/mol. The molecule has 0 N–H and O–H groups in total. The Morgan fingerprint density at radius 2 is 2.11 bits per heavy atom. The first-order valence-corrected chi connectivity index (χ1v) is 7.91. The lowest BCUT2D eigenvalue weighted by Gasteiger charge is -2.07. The molecule has 18 heavy (non-hydrogen) atoms. The van der Waals surface area contributed by atoms with Crippen LogP contribution in [0.4, 0.5) is 0 Å². The zero-order valence-electron chi connectivity index (χ0n) is 9.85. The number of halogens is 1. The van der Waals surface area contributed by atoms with Gasteiger partial charge in [0.05, 0.1) is 17.1 Å². The predicted octanol–water partition coefficient (Wildman–Crippen LogP) is 2.49. The molecule has 0 saturated heterocycles. The zero-order chi connectivity index (χ0) is 13.3. The Kier molecular flexibility index (Phi) is 3.64. The monoisotopic (exact) mass is 288 g/mol. The molecule has 0 aliphatic heterocycles. The summed E-state index contributed by atoms with van der Waals surface area (Å²) >= 11 is 0. The minimum absolute atomic E-state index is 0.0897. The van der Waals surface area contributed by atoms with Crippen LogP contribution < -0.4 is 0 Å². The number of hydrogen-bond donors (Lipinski definition) is 0. The van der Waals surface area contributed by atoms with Crippen LogP contribution in [0.2, 0.25) is 0 Å². The smallest absolute Gasteiger partial charge is 0.338 e. The molecular formula is C12H13ClO4S. The van der Waals surface area contributed by atoms with Crippen molar-refractivity contribution in [3.05, 3.63) is 29.3 Å². The summed E-state index contributed by atoms with van der Waals surface area (Å²) in [5.41, 5.74) is 0.914. The molecule has 1 saturated carbocycles. The highest BCUT2D eigenvalue weighted by molar-refractivity contribution is 8.13. The average molecular weight is 289 g/mol. The van der Waals surface area contributed by atoms with Crippen molar-refractivity contribution in [1.29, 1.82) is 0 Å². The van der Waals surface area contributed by atoms with Gasteiger partial charge in [-0.15, -0.1) is 0 Å². The standard InChI is InChI=1S/C12H13ClO4S/c1-8-2-5-10(18(13,15)16)6-11(8)12(14)17-7-9-3-4-9/h2,5-6,9H,3-4,7H2,1H3. The van der Waals surface area contributed by atoms with Gasteiger partial charge in [-0.3, -0.25) is 0 Å². The van der Waals surface area contributed by atoms with E-state index in [0.29, 0.717) is 18.1 Å². The number of hydrogen-bond acceptors (Lipinski definition) is 4. The topological polar surface area (TPSA) is 60.4 Å². The van der Waals surface area contributed by atoms with Crippen molar-refractivity contribution in [2.24, 2.45) is 5.92 Å². The summed E-state index contributed by atoms with van der Waals surface area (Å²) in [6, 6.07) is 4.17. The highest BCUT2D eigenvalue weighted by Crippen LogP contribution is 2.29. The van der Waals surface area contributed by atoms with E-state index < -0.39 is 15.0 Å². The summed E-state index contributed by atoms with van der Waals surface area (Å²) < 4.78 is 27.5. The normalized spacial score (nSPS) is 15.4. The lowest BCUT2D eigenvalue weighted by Crippen LogP contribution is -2.10. The Morgan fingerprint density at radius 1 is 1.44 bits per heavy atom. The molecule has 0 aromatic heterocycles. The minimum Gasteiger partial charge on any atom is -0.462 e. The summed E-state index contributed by atoms with van der Waals surface area (Å²) in [5.74, 6) is -0.0317. The second kappa shape index (κ2) is 4.90. The third kappa shape index (κ3) is 3.23. The van der Waals surface area contributed by atoms with Gasteiger partial charge >= 0.3 is 5.97 Å². The van der Waals surface area contributed by atoms with Crippen LogP contribution in [0.25, 0.3) is 0 Å². The highest BCUT2D eigenvalue weighted by Gasteiger charge is 2.24. The van der Waals surface area contributed by atoms with E-state index in [1.165, 1.54) is 12.1 Å². The van der Waals surface area contributed by atoms with Gasteiger partial charge in [-0.25, -0.2) is 13.2 Å². The van der Waals surface area contributed by atoms with Crippen LogP contribution in [0.15, 0.2) is 23.1 Å². The van der Waals surface area contributed by atoms with E-state index in [1.54, 1.807) is 13.0 Å². The van der Waals surface area contributed by atoms with E-state index in [1.807, 2.05) is 0 Å². The Balaban J connectivity index is 2.22. The van der Waals surface area contributed by atoms with Crippen molar-refractivity contribution in [2.75, 3.05) is 6.61 Å². The molecule has 1 aliphatic rings.